The van der Waals surface area contributed by atoms with Gasteiger partial charge in [0, 0.05) is 18.0 Å². The third-order valence-corrected chi connectivity index (χ3v) is 4.49. The van der Waals surface area contributed by atoms with Crippen molar-refractivity contribution in [3.63, 3.8) is 0 Å². The van der Waals surface area contributed by atoms with Gasteiger partial charge in [-0.1, -0.05) is 23.7 Å². The molecule has 0 aliphatic rings. The van der Waals surface area contributed by atoms with E-state index in [1.807, 2.05) is 16.7 Å². The molecule has 2 aromatic heterocycles. The molecule has 0 N–H and O–H groups in total. The molecule has 1 aromatic carbocycles. The fraction of sp³-hybridized carbons (Fsp3) is 0.0714. The molecule has 3 aromatic rings. The van der Waals surface area contributed by atoms with Gasteiger partial charge in [-0.25, -0.2) is 13.4 Å². The standard InChI is InChI=1S/C14H11ClN2O2S/c1-20(18,19)11-6-4-10(5-7-11)13-9-16-14-12(15)3-2-8-17(13)14/h2-9H,1H3. The van der Waals surface area contributed by atoms with E-state index < -0.39 is 9.84 Å². The molecule has 0 saturated carbocycles. The van der Waals surface area contributed by atoms with Crippen LogP contribution in [0.25, 0.3) is 16.9 Å². The molecule has 0 aliphatic heterocycles. The number of pyridine rings is 1. The van der Waals surface area contributed by atoms with Crippen molar-refractivity contribution in [1.29, 1.82) is 0 Å². The van der Waals surface area contributed by atoms with E-state index in [0.29, 0.717) is 15.6 Å². The van der Waals surface area contributed by atoms with Crippen LogP contribution in [0, 0.1) is 0 Å². The van der Waals surface area contributed by atoms with E-state index in [1.165, 1.54) is 6.26 Å². The van der Waals surface area contributed by atoms with Gasteiger partial charge in [-0.05, 0) is 24.3 Å². The summed E-state index contributed by atoms with van der Waals surface area (Å²) >= 11 is 6.08. The molecule has 4 nitrogen and oxygen atoms in total. The van der Waals surface area contributed by atoms with Gasteiger partial charge in [0.15, 0.2) is 15.5 Å². The maximum Gasteiger partial charge on any atom is 0.175 e. The minimum absolute atomic E-state index is 0.299. The van der Waals surface area contributed by atoms with Gasteiger partial charge in [-0.2, -0.15) is 0 Å². The Hall–Kier alpha value is -1.85. The fourth-order valence-corrected chi connectivity index (χ4v) is 2.91. The van der Waals surface area contributed by atoms with Crippen LogP contribution in [0.15, 0.2) is 53.7 Å². The van der Waals surface area contributed by atoms with E-state index in [0.717, 1.165) is 11.3 Å². The van der Waals surface area contributed by atoms with Crippen LogP contribution in [0.5, 0.6) is 0 Å². The van der Waals surface area contributed by atoms with Crippen molar-refractivity contribution in [1.82, 2.24) is 9.38 Å². The Balaban J connectivity index is 2.14. The number of sulfone groups is 1. The smallest absolute Gasteiger partial charge is 0.175 e. The van der Waals surface area contributed by atoms with Gasteiger partial charge in [-0.3, -0.25) is 4.40 Å². The summed E-state index contributed by atoms with van der Waals surface area (Å²) in [7, 11) is -3.18. The third-order valence-electron chi connectivity index (χ3n) is 3.07. The second kappa shape index (κ2) is 4.61. The predicted molar refractivity (Wildman–Crippen MR) is 78.7 cm³/mol. The van der Waals surface area contributed by atoms with Gasteiger partial charge >= 0.3 is 0 Å². The summed E-state index contributed by atoms with van der Waals surface area (Å²) in [6.45, 7) is 0. The summed E-state index contributed by atoms with van der Waals surface area (Å²) in [4.78, 5) is 4.58. The second-order valence-corrected chi connectivity index (χ2v) is 6.91. The largest absolute Gasteiger partial charge is 0.298 e. The summed E-state index contributed by atoms with van der Waals surface area (Å²) in [6.07, 6.45) is 4.78. The van der Waals surface area contributed by atoms with Crippen LogP contribution in [-0.4, -0.2) is 24.1 Å². The SMILES string of the molecule is CS(=O)(=O)c1ccc(-c2cnc3c(Cl)cccn23)cc1. The number of rotatable bonds is 2. The van der Waals surface area contributed by atoms with Crippen LogP contribution in [0.3, 0.4) is 0 Å². The zero-order chi connectivity index (χ0) is 14.3. The molecule has 6 heteroatoms. The molecular formula is C14H11ClN2O2S. The number of halogens is 1. The number of imidazole rings is 1. The first kappa shape index (κ1) is 13.1. The molecule has 0 aliphatic carbocycles. The molecular weight excluding hydrogens is 296 g/mol. The Labute approximate surface area is 121 Å². The molecule has 0 spiro atoms. The molecule has 3 rings (SSSR count). The van der Waals surface area contributed by atoms with E-state index in [1.54, 1.807) is 36.5 Å². The van der Waals surface area contributed by atoms with Crippen LogP contribution in [0.4, 0.5) is 0 Å². The summed E-state index contributed by atoms with van der Waals surface area (Å²) in [5.41, 5.74) is 2.42. The van der Waals surface area contributed by atoms with Gasteiger partial charge in [0.2, 0.25) is 0 Å². The van der Waals surface area contributed by atoms with E-state index >= 15 is 0 Å². The summed E-state index contributed by atoms with van der Waals surface area (Å²) in [5.74, 6) is 0. The number of hydrogen-bond acceptors (Lipinski definition) is 3. The first-order chi connectivity index (χ1) is 9.47. The van der Waals surface area contributed by atoms with E-state index in [-0.39, 0.29) is 0 Å². The molecule has 0 bridgehead atoms. The number of benzene rings is 1. The van der Waals surface area contributed by atoms with Crippen molar-refractivity contribution in [3.8, 4) is 11.3 Å². The summed E-state index contributed by atoms with van der Waals surface area (Å²) < 4.78 is 24.8. The zero-order valence-electron chi connectivity index (χ0n) is 10.6. The number of aromatic nitrogens is 2. The summed E-state index contributed by atoms with van der Waals surface area (Å²) in [5, 5.41) is 0.575. The van der Waals surface area contributed by atoms with Crippen LogP contribution in [0.1, 0.15) is 0 Å². The lowest BCUT2D eigenvalue weighted by Crippen LogP contribution is -1.96. The lowest BCUT2D eigenvalue weighted by molar-refractivity contribution is 0.602. The minimum atomic E-state index is -3.18. The molecule has 0 fully saturated rings. The first-order valence-corrected chi connectivity index (χ1v) is 8.16. The van der Waals surface area contributed by atoms with Crippen LogP contribution < -0.4 is 0 Å². The summed E-state index contributed by atoms with van der Waals surface area (Å²) in [6, 6.07) is 10.3. The molecule has 0 saturated heterocycles. The Bertz CT molecular complexity index is 883. The highest BCUT2D eigenvalue weighted by Crippen LogP contribution is 2.25. The van der Waals surface area contributed by atoms with Crippen LogP contribution >= 0.6 is 11.6 Å². The van der Waals surface area contributed by atoms with E-state index in [4.69, 9.17) is 11.6 Å². The Kier molecular flexibility index (Phi) is 3.03. The number of hydrogen-bond donors (Lipinski definition) is 0. The number of nitrogens with zero attached hydrogens (tertiary/aromatic N) is 2. The molecule has 0 unspecified atom stereocenters. The predicted octanol–water partition coefficient (Wildman–Crippen LogP) is 3.06. The lowest BCUT2D eigenvalue weighted by Gasteiger charge is -2.04. The Morgan fingerprint density at radius 1 is 1.15 bits per heavy atom. The molecule has 20 heavy (non-hydrogen) atoms. The normalized spacial score (nSPS) is 11.9. The van der Waals surface area contributed by atoms with Crippen molar-refractivity contribution in [3.05, 3.63) is 53.8 Å². The van der Waals surface area contributed by atoms with Gasteiger partial charge in [0.25, 0.3) is 0 Å². The highest BCUT2D eigenvalue weighted by molar-refractivity contribution is 7.90. The van der Waals surface area contributed by atoms with Crippen molar-refractivity contribution < 1.29 is 8.42 Å². The first-order valence-electron chi connectivity index (χ1n) is 5.89. The maximum absolute atomic E-state index is 11.5. The fourth-order valence-electron chi connectivity index (χ4n) is 2.06. The third kappa shape index (κ3) is 2.19. The van der Waals surface area contributed by atoms with Crippen molar-refractivity contribution in [2.24, 2.45) is 0 Å². The number of fused-ring (bicyclic) bond motifs is 1. The Morgan fingerprint density at radius 3 is 2.50 bits per heavy atom. The Morgan fingerprint density at radius 2 is 1.85 bits per heavy atom. The van der Waals surface area contributed by atoms with Crippen molar-refractivity contribution >= 4 is 27.1 Å². The van der Waals surface area contributed by atoms with Crippen molar-refractivity contribution in [2.75, 3.05) is 6.26 Å². The second-order valence-electron chi connectivity index (χ2n) is 4.49. The zero-order valence-corrected chi connectivity index (χ0v) is 12.2. The van der Waals surface area contributed by atoms with Crippen molar-refractivity contribution in [2.45, 2.75) is 4.90 Å². The van der Waals surface area contributed by atoms with E-state index in [9.17, 15) is 8.42 Å². The average molecular weight is 307 g/mol. The van der Waals surface area contributed by atoms with Gasteiger partial charge in [0.05, 0.1) is 21.8 Å². The molecule has 0 amide bonds. The monoisotopic (exact) mass is 306 g/mol. The minimum Gasteiger partial charge on any atom is -0.298 e. The van der Waals surface area contributed by atoms with Gasteiger partial charge < -0.3 is 0 Å². The molecule has 2 heterocycles. The van der Waals surface area contributed by atoms with Crippen LogP contribution in [0.2, 0.25) is 5.02 Å². The molecule has 0 radical (unpaired) electrons. The van der Waals surface area contributed by atoms with Gasteiger partial charge in [0.1, 0.15) is 0 Å². The van der Waals surface area contributed by atoms with Gasteiger partial charge in [-0.15, -0.1) is 0 Å². The topological polar surface area (TPSA) is 51.4 Å². The maximum atomic E-state index is 11.5. The van der Waals surface area contributed by atoms with E-state index in [2.05, 4.69) is 4.98 Å². The quantitative estimate of drug-likeness (QED) is 0.731. The van der Waals surface area contributed by atoms with Crippen LogP contribution in [-0.2, 0) is 9.84 Å². The molecule has 0 atom stereocenters. The highest BCUT2D eigenvalue weighted by Gasteiger charge is 2.10. The molecule has 102 valence electrons. The average Bonchev–Trinajstić information content (AvgIpc) is 2.83. The lowest BCUT2D eigenvalue weighted by atomic mass is 10.2. The highest BCUT2D eigenvalue weighted by atomic mass is 35.5.